The topological polar surface area (TPSA) is 96.3 Å². The minimum Gasteiger partial charge on any atom is -0.493 e. The fourth-order valence-electron chi connectivity index (χ4n) is 1.94. The van der Waals surface area contributed by atoms with Gasteiger partial charge in [-0.3, -0.25) is 0 Å². The Hall–Kier alpha value is -2.50. The van der Waals surface area contributed by atoms with E-state index in [1.165, 1.54) is 0 Å². The Morgan fingerprint density at radius 1 is 1.05 bits per heavy atom. The molecule has 1 aromatic heterocycles. The van der Waals surface area contributed by atoms with Crippen molar-refractivity contribution in [2.45, 2.75) is 12.8 Å². The molecular weight excluding hydrogens is 256 g/mol. The predicted octanol–water partition coefficient (Wildman–Crippen LogP) is 1.44. The fourth-order valence-corrected chi connectivity index (χ4v) is 1.94. The smallest absolute Gasteiger partial charge is 0.221 e. The van der Waals surface area contributed by atoms with Gasteiger partial charge in [-0.05, 0) is 30.5 Å². The van der Waals surface area contributed by atoms with Crippen LogP contribution in [0.1, 0.15) is 11.1 Å². The van der Waals surface area contributed by atoms with Crippen LogP contribution in [-0.2, 0) is 12.8 Å². The number of rotatable bonds is 5. The van der Waals surface area contributed by atoms with Crippen molar-refractivity contribution in [2.75, 3.05) is 25.7 Å². The second-order valence-electron chi connectivity index (χ2n) is 4.33. The number of methoxy groups -OCH3 is 2. The molecule has 0 aliphatic heterocycles. The highest BCUT2D eigenvalue weighted by Gasteiger charge is 2.07. The second kappa shape index (κ2) is 6.10. The zero-order chi connectivity index (χ0) is 14.5. The van der Waals surface area contributed by atoms with Crippen LogP contribution in [-0.4, -0.2) is 24.2 Å². The lowest BCUT2D eigenvalue weighted by atomic mass is 10.1. The molecule has 0 aliphatic carbocycles. The van der Waals surface area contributed by atoms with E-state index in [2.05, 4.69) is 9.97 Å². The van der Waals surface area contributed by atoms with Gasteiger partial charge in [0.2, 0.25) is 5.95 Å². The second-order valence-corrected chi connectivity index (χ2v) is 4.33. The van der Waals surface area contributed by atoms with Gasteiger partial charge in [0.05, 0.1) is 14.2 Å². The molecule has 0 saturated carbocycles. The maximum atomic E-state index is 5.81. The molecule has 0 aliphatic rings. The normalized spacial score (nSPS) is 10.3. The molecule has 0 fully saturated rings. The first-order valence-electron chi connectivity index (χ1n) is 6.21. The maximum Gasteiger partial charge on any atom is 0.221 e. The summed E-state index contributed by atoms with van der Waals surface area (Å²) in [6.45, 7) is 0. The third-order valence-corrected chi connectivity index (χ3v) is 3.05. The molecular formula is C14H18N4O2. The molecule has 2 rings (SSSR count). The SMILES string of the molecule is COc1ccc(CCc2cnc(N)nc2N)cc1OC. The highest BCUT2D eigenvalue weighted by Crippen LogP contribution is 2.28. The molecule has 20 heavy (non-hydrogen) atoms. The molecule has 1 aromatic carbocycles. The van der Waals surface area contributed by atoms with Gasteiger partial charge in [-0.25, -0.2) is 4.98 Å². The van der Waals surface area contributed by atoms with Crippen LogP contribution in [0.25, 0.3) is 0 Å². The number of nitrogen functional groups attached to an aromatic ring is 2. The van der Waals surface area contributed by atoms with Gasteiger partial charge in [0.1, 0.15) is 5.82 Å². The van der Waals surface area contributed by atoms with Gasteiger partial charge in [0.15, 0.2) is 11.5 Å². The van der Waals surface area contributed by atoms with Crippen LogP contribution in [0.4, 0.5) is 11.8 Å². The molecule has 4 N–H and O–H groups in total. The minimum atomic E-state index is 0.192. The first kappa shape index (κ1) is 13.9. The van der Waals surface area contributed by atoms with E-state index in [1.807, 2.05) is 18.2 Å². The quantitative estimate of drug-likeness (QED) is 0.856. The third kappa shape index (κ3) is 3.09. The van der Waals surface area contributed by atoms with Crippen LogP contribution in [0.2, 0.25) is 0 Å². The van der Waals surface area contributed by atoms with Gasteiger partial charge in [-0.15, -0.1) is 0 Å². The van der Waals surface area contributed by atoms with Gasteiger partial charge in [-0.1, -0.05) is 6.07 Å². The van der Waals surface area contributed by atoms with Crippen LogP contribution >= 0.6 is 0 Å². The molecule has 1 heterocycles. The van der Waals surface area contributed by atoms with Crippen molar-refractivity contribution in [1.29, 1.82) is 0 Å². The zero-order valence-electron chi connectivity index (χ0n) is 11.6. The number of aromatic nitrogens is 2. The van der Waals surface area contributed by atoms with Gasteiger partial charge in [-0.2, -0.15) is 4.98 Å². The highest BCUT2D eigenvalue weighted by molar-refractivity contribution is 5.44. The number of anilines is 2. The lowest BCUT2D eigenvalue weighted by Gasteiger charge is -2.10. The average molecular weight is 274 g/mol. The number of aryl methyl sites for hydroxylation is 2. The molecule has 0 radical (unpaired) electrons. The average Bonchev–Trinajstić information content (AvgIpc) is 2.46. The van der Waals surface area contributed by atoms with Crippen molar-refractivity contribution in [3.05, 3.63) is 35.5 Å². The van der Waals surface area contributed by atoms with Crippen LogP contribution < -0.4 is 20.9 Å². The van der Waals surface area contributed by atoms with Gasteiger partial charge < -0.3 is 20.9 Å². The molecule has 0 amide bonds. The molecule has 0 saturated heterocycles. The van der Waals surface area contributed by atoms with Crippen LogP contribution in [0.15, 0.2) is 24.4 Å². The Morgan fingerprint density at radius 2 is 1.80 bits per heavy atom. The van der Waals surface area contributed by atoms with Gasteiger partial charge in [0, 0.05) is 11.8 Å². The van der Waals surface area contributed by atoms with Crippen LogP contribution in [0.3, 0.4) is 0 Å². The van der Waals surface area contributed by atoms with Gasteiger partial charge >= 0.3 is 0 Å². The summed E-state index contributed by atoms with van der Waals surface area (Å²) in [6, 6.07) is 5.83. The summed E-state index contributed by atoms with van der Waals surface area (Å²) in [4.78, 5) is 7.90. The number of benzene rings is 1. The Labute approximate surface area is 117 Å². The summed E-state index contributed by atoms with van der Waals surface area (Å²) in [7, 11) is 3.23. The largest absolute Gasteiger partial charge is 0.493 e. The Morgan fingerprint density at radius 3 is 2.45 bits per heavy atom. The van der Waals surface area contributed by atoms with E-state index in [0.29, 0.717) is 17.3 Å². The minimum absolute atomic E-state index is 0.192. The molecule has 6 heteroatoms. The van der Waals surface area contributed by atoms with Crippen molar-refractivity contribution in [3.8, 4) is 11.5 Å². The maximum absolute atomic E-state index is 5.81. The zero-order valence-corrected chi connectivity index (χ0v) is 11.6. The van der Waals surface area contributed by atoms with E-state index >= 15 is 0 Å². The first-order valence-corrected chi connectivity index (χ1v) is 6.21. The summed E-state index contributed by atoms with van der Waals surface area (Å²) in [6.07, 6.45) is 3.21. The van der Waals surface area contributed by atoms with E-state index in [-0.39, 0.29) is 5.95 Å². The van der Waals surface area contributed by atoms with Crippen molar-refractivity contribution >= 4 is 11.8 Å². The molecule has 2 aromatic rings. The number of ether oxygens (including phenoxy) is 2. The van der Waals surface area contributed by atoms with E-state index in [9.17, 15) is 0 Å². The van der Waals surface area contributed by atoms with E-state index < -0.39 is 0 Å². The monoisotopic (exact) mass is 274 g/mol. The van der Waals surface area contributed by atoms with Crippen LogP contribution in [0.5, 0.6) is 11.5 Å². The lowest BCUT2D eigenvalue weighted by Crippen LogP contribution is -2.04. The lowest BCUT2D eigenvalue weighted by molar-refractivity contribution is 0.354. The van der Waals surface area contributed by atoms with E-state index in [4.69, 9.17) is 20.9 Å². The van der Waals surface area contributed by atoms with E-state index in [1.54, 1.807) is 20.4 Å². The fraction of sp³-hybridized carbons (Fsp3) is 0.286. The van der Waals surface area contributed by atoms with Gasteiger partial charge in [0.25, 0.3) is 0 Å². The predicted molar refractivity (Wildman–Crippen MR) is 77.8 cm³/mol. The molecule has 6 nitrogen and oxygen atoms in total. The molecule has 0 unspecified atom stereocenters. The molecule has 0 bridgehead atoms. The van der Waals surface area contributed by atoms with Crippen molar-refractivity contribution < 1.29 is 9.47 Å². The highest BCUT2D eigenvalue weighted by atomic mass is 16.5. The summed E-state index contributed by atoms with van der Waals surface area (Å²) in [5, 5.41) is 0. The number of nitrogens with zero attached hydrogens (tertiary/aromatic N) is 2. The standard InChI is InChI=1S/C14H18N4O2/c1-19-11-6-4-9(7-12(11)20-2)3-5-10-8-17-14(16)18-13(10)15/h4,6-8H,3,5H2,1-2H3,(H4,15,16,17,18). The third-order valence-electron chi connectivity index (χ3n) is 3.05. The number of hydrogen-bond acceptors (Lipinski definition) is 6. The van der Waals surface area contributed by atoms with Crippen molar-refractivity contribution in [2.24, 2.45) is 0 Å². The van der Waals surface area contributed by atoms with Crippen LogP contribution in [0, 0.1) is 0 Å². The van der Waals surface area contributed by atoms with E-state index in [0.717, 1.165) is 24.0 Å². The Bertz CT molecular complexity index is 602. The van der Waals surface area contributed by atoms with Crippen molar-refractivity contribution in [1.82, 2.24) is 9.97 Å². The Balaban J connectivity index is 2.10. The summed E-state index contributed by atoms with van der Waals surface area (Å²) in [5.41, 5.74) is 13.3. The summed E-state index contributed by atoms with van der Waals surface area (Å²) in [5.74, 6) is 2.05. The molecule has 106 valence electrons. The number of hydrogen-bond donors (Lipinski definition) is 2. The molecule has 0 atom stereocenters. The first-order chi connectivity index (χ1) is 9.63. The molecule has 0 spiro atoms. The summed E-state index contributed by atoms with van der Waals surface area (Å²) >= 11 is 0. The Kier molecular flexibility index (Phi) is 4.24. The number of nitrogens with two attached hydrogens (primary N) is 2. The summed E-state index contributed by atoms with van der Waals surface area (Å²) < 4.78 is 10.5. The van der Waals surface area contributed by atoms with Crippen molar-refractivity contribution in [3.63, 3.8) is 0 Å².